The molecule has 1 aromatic heterocycles. The molecule has 0 atom stereocenters. The minimum Gasteiger partial charge on any atom is -0.452 e. The Labute approximate surface area is 300 Å². The number of aryl methyl sites for hydroxylation is 1. The van der Waals surface area contributed by atoms with Crippen LogP contribution in [0, 0.1) is 10.8 Å². The normalized spacial score (nSPS) is 10.5. The van der Waals surface area contributed by atoms with Gasteiger partial charge in [0.1, 0.15) is 18.1 Å². The lowest BCUT2D eigenvalue weighted by molar-refractivity contribution is 0.00645. The number of hydrogen-bond donors (Lipinski definition) is 6. The molecule has 1 heterocycles. The predicted molar refractivity (Wildman–Crippen MR) is 199 cm³/mol. The third kappa shape index (κ3) is 29.9. The van der Waals surface area contributed by atoms with Gasteiger partial charge in [0, 0.05) is 0 Å². The highest BCUT2D eigenvalue weighted by atomic mass is 35.5. The van der Waals surface area contributed by atoms with E-state index in [0.29, 0.717) is 0 Å². The lowest BCUT2D eigenvalue weighted by Crippen LogP contribution is -2.39. The second-order valence-electron chi connectivity index (χ2n) is 11.9. The highest BCUT2D eigenvalue weighted by molar-refractivity contribution is 7.85. The van der Waals surface area contributed by atoms with E-state index < -0.39 is 10.1 Å². The summed E-state index contributed by atoms with van der Waals surface area (Å²) in [6.07, 6.45) is 29.2. The standard InChI is InChI=1S/C30H54O3S.C3H3NO.C2H7N5.ClFO/c1-4-7-10-13-16-19-22-27-25-26-30(34(31,32)33)29(24-21-18-15-12-9-6-3)28(27)23-20-17-14-11-8-5-2;1-2-5-3-4-1;3-1(4)7-2(5)6;1-3-2/h25-26H,4-24H2,1-3H3,(H,31,32,33);1-3H;(H7,3,4,5,6,7);. The molecule has 0 aliphatic rings. The maximum atomic E-state index is 12.3. The molecule has 0 spiro atoms. The molecule has 0 aliphatic carbocycles. The van der Waals surface area contributed by atoms with E-state index in [-0.39, 0.29) is 16.8 Å². The topological polar surface area (TPSA) is 201 Å². The van der Waals surface area contributed by atoms with Crippen LogP contribution in [-0.4, -0.2) is 29.9 Å². The summed E-state index contributed by atoms with van der Waals surface area (Å²) in [5.74, 6) is -0.625. The van der Waals surface area contributed by atoms with Gasteiger partial charge >= 0.3 is 0 Å². The third-order valence-electron chi connectivity index (χ3n) is 7.74. The average molecular weight is 735 g/mol. The van der Waals surface area contributed by atoms with Crippen molar-refractivity contribution in [2.45, 2.75) is 161 Å². The van der Waals surface area contributed by atoms with Gasteiger partial charge in [0.15, 0.2) is 18.3 Å². The average Bonchev–Trinajstić information content (AvgIpc) is 3.63. The molecule has 49 heavy (non-hydrogen) atoms. The Morgan fingerprint density at radius 2 is 1.20 bits per heavy atom. The molecule has 0 bridgehead atoms. The second-order valence-corrected chi connectivity index (χ2v) is 13.4. The molecule has 2 rings (SSSR count). The SMILES string of the molecule is CCCCCCCCc1ccc(S(=O)(=O)O)c(CCCCCCCC)c1CCCCCCCC.FOCl.N=C(N)NC(=N)N.c1cocn1. The van der Waals surface area contributed by atoms with Crippen LogP contribution in [0.15, 0.2) is 40.3 Å². The van der Waals surface area contributed by atoms with Crippen molar-refractivity contribution in [3.05, 3.63) is 47.7 Å². The first-order chi connectivity index (χ1) is 23.5. The fourth-order valence-corrected chi connectivity index (χ4v) is 6.14. The fourth-order valence-electron chi connectivity index (χ4n) is 5.36. The molecule has 8 N–H and O–H groups in total. The van der Waals surface area contributed by atoms with E-state index in [9.17, 15) is 17.5 Å². The zero-order valence-electron chi connectivity index (χ0n) is 30.1. The molecule has 0 amide bonds. The van der Waals surface area contributed by atoms with Crippen LogP contribution < -0.4 is 16.8 Å². The molecule has 0 saturated carbocycles. The first-order valence-corrected chi connectivity index (χ1v) is 19.5. The van der Waals surface area contributed by atoms with Gasteiger partial charge < -0.3 is 15.9 Å². The summed E-state index contributed by atoms with van der Waals surface area (Å²) >= 11 is 3.83. The second kappa shape index (κ2) is 33.7. The molecule has 0 fully saturated rings. The van der Waals surface area contributed by atoms with Crippen LogP contribution >= 0.6 is 11.9 Å². The molecule has 0 aliphatic heterocycles. The van der Waals surface area contributed by atoms with Crippen molar-refractivity contribution in [3.8, 4) is 0 Å². The Bertz CT molecular complexity index is 1140. The van der Waals surface area contributed by atoms with Gasteiger partial charge in [-0.1, -0.05) is 128 Å². The Morgan fingerprint density at radius 1 is 0.796 bits per heavy atom. The maximum Gasteiger partial charge on any atom is 0.294 e. The van der Waals surface area contributed by atoms with Crippen LogP contribution in [0.1, 0.15) is 153 Å². The largest absolute Gasteiger partial charge is 0.452 e. The smallest absolute Gasteiger partial charge is 0.294 e. The number of nitrogens with zero attached hydrogens (tertiary/aromatic N) is 1. The third-order valence-corrected chi connectivity index (χ3v) is 8.68. The van der Waals surface area contributed by atoms with Gasteiger partial charge in [0.05, 0.1) is 11.1 Å². The number of guanidine groups is 2. The van der Waals surface area contributed by atoms with Crippen molar-refractivity contribution >= 4 is 33.9 Å². The predicted octanol–water partition coefficient (Wildman–Crippen LogP) is 9.72. The van der Waals surface area contributed by atoms with Crippen LogP contribution in [0.2, 0.25) is 0 Å². The zero-order chi connectivity index (χ0) is 37.2. The van der Waals surface area contributed by atoms with E-state index in [2.05, 4.69) is 46.5 Å². The van der Waals surface area contributed by atoms with E-state index in [1.54, 1.807) is 12.3 Å². The molecule has 0 radical (unpaired) electrons. The number of hydrogen-bond acceptors (Lipinski definition) is 7. The molecular formula is C35H64ClFN6O5S. The number of nitrogens with two attached hydrogens (primary N) is 2. The molecule has 2 aromatic rings. The lowest BCUT2D eigenvalue weighted by Gasteiger charge is -2.18. The lowest BCUT2D eigenvalue weighted by atomic mass is 9.90. The van der Waals surface area contributed by atoms with Gasteiger partial charge in [-0.05, 0) is 65.8 Å². The van der Waals surface area contributed by atoms with Crippen LogP contribution in [-0.2, 0) is 33.9 Å². The van der Waals surface area contributed by atoms with Crippen LogP contribution in [0.25, 0.3) is 0 Å². The van der Waals surface area contributed by atoms with Crippen molar-refractivity contribution in [2.75, 3.05) is 0 Å². The quantitative estimate of drug-likeness (QED) is 0.0295. The van der Waals surface area contributed by atoms with Crippen LogP contribution in [0.4, 0.5) is 4.53 Å². The Morgan fingerprint density at radius 3 is 1.53 bits per heavy atom. The van der Waals surface area contributed by atoms with Gasteiger partial charge in [-0.15, -0.1) is 0 Å². The van der Waals surface area contributed by atoms with Gasteiger partial charge in [-0.25, -0.2) is 4.98 Å². The van der Waals surface area contributed by atoms with E-state index >= 15 is 0 Å². The van der Waals surface area contributed by atoms with Gasteiger partial charge in [-0.2, -0.15) is 8.42 Å². The summed E-state index contributed by atoms with van der Waals surface area (Å²) in [6.45, 7) is 6.71. The van der Waals surface area contributed by atoms with E-state index in [0.717, 1.165) is 50.5 Å². The highest BCUT2D eigenvalue weighted by Gasteiger charge is 2.20. The number of oxazole rings is 1. The fraction of sp³-hybridized carbons (Fsp3) is 0.686. The Kier molecular flexibility index (Phi) is 33.3. The van der Waals surface area contributed by atoms with E-state index in [4.69, 9.17) is 22.3 Å². The van der Waals surface area contributed by atoms with Gasteiger partial charge in [0.25, 0.3) is 10.1 Å². The molecular weight excluding hydrogens is 671 g/mol. The minimum absolute atomic E-state index is 0.161. The number of aromatic nitrogens is 1. The molecule has 284 valence electrons. The number of benzene rings is 1. The number of unbranched alkanes of at least 4 members (excludes halogenated alkanes) is 15. The number of nitrogens with one attached hydrogen (secondary N) is 3. The minimum atomic E-state index is -4.20. The molecule has 1 aromatic carbocycles. The zero-order valence-corrected chi connectivity index (χ0v) is 31.7. The summed E-state index contributed by atoms with van der Waals surface area (Å²) in [4.78, 5) is 3.72. The van der Waals surface area contributed by atoms with Crippen molar-refractivity contribution in [3.63, 3.8) is 0 Å². The molecule has 14 heteroatoms. The molecule has 0 saturated heterocycles. The maximum absolute atomic E-state index is 12.3. The van der Waals surface area contributed by atoms with Crippen molar-refractivity contribution in [1.29, 1.82) is 10.8 Å². The Hall–Kier alpha value is -2.74. The summed E-state index contributed by atoms with van der Waals surface area (Å²) in [6, 6.07) is 3.67. The van der Waals surface area contributed by atoms with Crippen LogP contribution in [0.3, 0.4) is 0 Å². The summed E-state index contributed by atoms with van der Waals surface area (Å²) < 4.78 is 50.8. The van der Waals surface area contributed by atoms with Crippen molar-refractivity contribution < 1.29 is 26.4 Å². The Balaban J connectivity index is 0. The van der Waals surface area contributed by atoms with Gasteiger partial charge in [-0.3, -0.25) is 20.7 Å². The van der Waals surface area contributed by atoms with Crippen molar-refractivity contribution in [2.24, 2.45) is 11.5 Å². The summed E-state index contributed by atoms with van der Waals surface area (Å²) in [5.41, 5.74) is 12.9. The molecule has 11 nitrogen and oxygen atoms in total. The number of rotatable bonds is 22. The number of halogens is 2. The summed E-state index contributed by atoms with van der Waals surface area (Å²) in [7, 11) is -4.20. The summed E-state index contributed by atoms with van der Waals surface area (Å²) in [5, 5.41) is 15.0. The monoisotopic (exact) mass is 734 g/mol. The van der Waals surface area contributed by atoms with E-state index in [1.807, 2.05) is 11.4 Å². The first kappa shape index (κ1) is 48.4. The van der Waals surface area contributed by atoms with Crippen LogP contribution in [0.5, 0.6) is 0 Å². The van der Waals surface area contributed by atoms with E-state index in [1.165, 1.54) is 114 Å². The highest BCUT2D eigenvalue weighted by Crippen LogP contribution is 2.29. The first-order valence-electron chi connectivity index (χ1n) is 17.8. The molecule has 0 unspecified atom stereocenters. The van der Waals surface area contributed by atoms with Gasteiger partial charge in [0.2, 0.25) is 0 Å². The van der Waals surface area contributed by atoms with Crippen molar-refractivity contribution in [1.82, 2.24) is 10.3 Å².